The van der Waals surface area contributed by atoms with E-state index in [1.807, 2.05) is 41.8 Å². The molecular weight excluding hydrogens is 620 g/mol. The number of hydrogen-bond donors (Lipinski definition) is 2. The van der Waals surface area contributed by atoms with Crippen LogP contribution in [0.2, 0.25) is 0 Å². The quantitative estimate of drug-likeness (QED) is 0.198. The van der Waals surface area contributed by atoms with Gasteiger partial charge in [-0.2, -0.15) is 0 Å². The van der Waals surface area contributed by atoms with E-state index in [9.17, 15) is 14.7 Å². The maximum absolute atomic E-state index is 13.7. The summed E-state index contributed by atoms with van der Waals surface area (Å²) < 4.78 is 9.83. The summed E-state index contributed by atoms with van der Waals surface area (Å²) >= 11 is 0. The summed E-state index contributed by atoms with van der Waals surface area (Å²) in [7, 11) is 0. The van der Waals surface area contributed by atoms with Crippen molar-refractivity contribution in [3.63, 3.8) is 0 Å². The number of rotatable bonds is 7. The molecule has 4 aromatic rings. The van der Waals surface area contributed by atoms with Crippen LogP contribution >= 0.6 is 0 Å². The van der Waals surface area contributed by atoms with Gasteiger partial charge in [-0.15, -0.1) is 11.7 Å². The Hall–Kier alpha value is -4.45. The minimum Gasteiger partial charge on any atom is -0.460 e. The number of nitrogens with zero attached hydrogens (tertiary/aromatic N) is 7. The SMILES string of the molecule is C=C[C@]1(C)C[C@@H](OC(=O)Cn2cc(-c3ccc([C@H](C)n4cnc5c(N)ncnc54)cc3)nn2)[C@]2(C)[C@H](C)CC[C@]3(CCC(=O)[C@H]32)[C@@H](C)[C@@H]1O. The van der Waals surface area contributed by atoms with Crippen LogP contribution in [-0.2, 0) is 20.9 Å². The maximum atomic E-state index is 13.7. The highest BCUT2D eigenvalue weighted by Crippen LogP contribution is 2.68. The molecule has 3 fully saturated rings. The van der Waals surface area contributed by atoms with Crippen LogP contribution in [0.15, 0.2) is 55.8 Å². The van der Waals surface area contributed by atoms with E-state index >= 15 is 0 Å². The van der Waals surface area contributed by atoms with Gasteiger partial charge in [-0.1, -0.05) is 63.2 Å². The molecule has 0 unspecified atom stereocenters. The number of fused-ring (bicyclic) bond motifs is 1. The number of esters is 1. The van der Waals surface area contributed by atoms with Gasteiger partial charge in [0.2, 0.25) is 0 Å². The molecule has 3 N–H and O–H groups in total. The number of aromatic nitrogens is 7. The lowest BCUT2D eigenvalue weighted by Gasteiger charge is -2.61. The van der Waals surface area contributed by atoms with Crippen molar-refractivity contribution in [2.75, 3.05) is 5.73 Å². The first kappa shape index (κ1) is 33.1. The smallest absolute Gasteiger partial charge is 0.328 e. The predicted molar refractivity (Wildman–Crippen MR) is 184 cm³/mol. The molecule has 0 amide bonds. The van der Waals surface area contributed by atoms with Gasteiger partial charge >= 0.3 is 5.97 Å². The van der Waals surface area contributed by atoms with E-state index in [1.165, 1.54) is 11.0 Å². The highest BCUT2D eigenvalue weighted by molar-refractivity contribution is 5.86. The molecule has 3 saturated carbocycles. The Morgan fingerprint density at radius 3 is 2.67 bits per heavy atom. The summed E-state index contributed by atoms with van der Waals surface area (Å²) in [6.45, 7) is 14.4. The fraction of sp³-hybridized carbons (Fsp3) is 0.541. The molecule has 0 spiro atoms. The number of ketones is 1. The van der Waals surface area contributed by atoms with Crippen LogP contribution < -0.4 is 5.73 Å². The number of nitrogens with two attached hydrogens (primary N) is 1. The first-order valence-electron chi connectivity index (χ1n) is 17.3. The number of anilines is 1. The molecule has 258 valence electrons. The average Bonchev–Trinajstić information content (AvgIpc) is 3.83. The van der Waals surface area contributed by atoms with E-state index in [4.69, 9.17) is 10.5 Å². The third-order valence-corrected chi connectivity index (χ3v) is 12.9. The number of ether oxygens (including phenoxy) is 1. The second-order valence-electron chi connectivity index (χ2n) is 15.2. The van der Waals surface area contributed by atoms with Crippen molar-refractivity contribution >= 4 is 28.7 Å². The highest BCUT2D eigenvalue weighted by atomic mass is 16.5. The molecule has 7 rings (SSSR count). The van der Waals surface area contributed by atoms with Crippen molar-refractivity contribution in [3.8, 4) is 11.3 Å². The van der Waals surface area contributed by atoms with E-state index in [0.717, 1.165) is 30.4 Å². The van der Waals surface area contributed by atoms with Gasteiger partial charge in [0.15, 0.2) is 11.5 Å². The zero-order chi connectivity index (χ0) is 34.9. The highest BCUT2D eigenvalue weighted by Gasteiger charge is 2.68. The van der Waals surface area contributed by atoms with Crippen LogP contribution in [0.3, 0.4) is 0 Å². The number of imidazole rings is 1. The van der Waals surface area contributed by atoms with E-state index < -0.39 is 29.0 Å². The molecule has 3 aliphatic rings. The van der Waals surface area contributed by atoms with Crippen LogP contribution in [0.1, 0.15) is 78.3 Å². The lowest BCUT2D eigenvalue weighted by molar-refractivity contribution is -0.207. The monoisotopic (exact) mass is 666 g/mol. The molecule has 1 aromatic carbocycles. The molecule has 49 heavy (non-hydrogen) atoms. The van der Waals surface area contributed by atoms with Crippen LogP contribution in [0.4, 0.5) is 5.82 Å². The van der Waals surface area contributed by atoms with Crippen molar-refractivity contribution in [2.45, 2.75) is 91.5 Å². The number of carbonyl (C=O) groups is 2. The summed E-state index contributed by atoms with van der Waals surface area (Å²) in [5.74, 6) is -0.0779. The fourth-order valence-corrected chi connectivity index (χ4v) is 9.58. The van der Waals surface area contributed by atoms with E-state index in [-0.39, 0.29) is 41.5 Å². The third kappa shape index (κ3) is 5.09. The summed E-state index contributed by atoms with van der Waals surface area (Å²) in [6, 6.07) is 7.90. The second kappa shape index (κ2) is 11.9. The van der Waals surface area contributed by atoms with Gasteiger partial charge in [-0.3, -0.25) is 9.59 Å². The van der Waals surface area contributed by atoms with Gasteiger partial charge < -0.3 is 20.1 Å². The van der Waals surface area contributed by atoms with Gasteiger partial charge in [0, 0.05) is 28.7 Å². The largest absolute Gasteiger partial charge is 0.460 e. The Kier molecular flexibility index (Phi) is 8.00. The second-order valence-corrected chi connectivity index (χ2v) is 15.2. The number of aliphatic hydroxyl groups is 1. The number of hydrogen-bond acceptors (Lipinski definition) is 10. The zero-order valence-corrected chi connectivity index (χ0v) is 28.9. The summed E-state index contributed by atoms with van der Waals surface area (Å²) in [6.07, 6.45) is 8.85. The standard InChI is InChI=1S/C37H46N8O4/c1-7-35(5)16-28(36(6)21(2)12-14-37(22(3)32(35)48)15-13-27(46)31(36)37)49-29(47)18-44-17-26(42-43-44)25-10-8-24(9-11-25)23(4)45-20-41-30-33(38)39-19-40-34(30)45/h7-11,17,19-23,28,31-32,48H,1,12-16,18H2,2-6H3,(H2,38,39,40)/t21-,22+,23+,28-,31+,32+,35-,36+,37+/m1/s1. The van der Waals surface area contributed by atoms with Crippen molar-refractivity contribution in [2.24, 2.45) is 34.0 Å². The van der Waals surface area contributed by atoms with Gasteiger partial charge in [0.05, 0.1) is 24.7 Å². The Balaban J connectivity index is 1.10. The topological polar surface area (TPSA) is 164 Å². The lowest BCUT2D eigenvalue weighted by atomic mass is 9.44. The molecule has 2 bridgehead atoms. The lowest BCUT2D eigenvalue weighted by Crippen LogP contribution is -2.63. The van der Waals surface area contributed by atoms with Crippen molar-refractivity contribution in [1.29, 1.82) is 0 Å². The first-order valence-corrected chi connectivity index (χ1v) is 17.3. The molecule has 3 aliphatic carbocycles. The molecule has 12 heteroatoms. The van der Waals surface area contributed by atoms with Gasteiger partial charge in [-0.25, -0.2) is 19.6 Å². The van der Waals surface area contributed by atoms with E-state index in [1.54, 1.807) is 12.5 Å². The number of carbonyl (C=O) groups excluding carboxylic acids is 2. The van der Waals surface area contributed by atoms with Gasteiger partial charge in [-0.05, 0) is 55.4 Å². The number of nitrogen functional groups attached to an aromatic ring is 1. The van der Waals surface area contributed by atoms with Crippen molar-refractivity contribution in [1.82, 2.24) is 34.5 Å². The van der Waals surface area contributed by atoms with Crippen LogP contribution in [0.5, 0.6) is 0 Å². The zero-order valence-electron chi connectivity index (χ0n) is 28.9. The van der Waals surface area contributed by atoms with Crippen LogP contribution in [0.25, 0.3) is 22.4 Å². The summed E-state index contributed by atoms with van der Waals surface area (Å²) in [5, 5.41) is 20.4. The predicted octanol–water partition coefficient (Wildman–Crippen LogP) is 5.18. The molecule has 12 nitrogen and oxygen atoms in total. The Labute approximate surface area is 286 Å². The fourth-order valence-electron chi connectivity index (χ4n) is 9.58. The van der Waals surface area contributed by atoms with Crippen LogP contribution in [-0.4, -0.2) is 63.6 Å². The van der Waals surface area contributed by atoms with Crippen molar-refractivity contribution < 1.29 is 19.4 Å². The maximum Gasteiger partial charge on any atom is 0.328 e. The summed E-state index contributed by atoms with van der Waals surface area (Å²) in [5.41, 5.74) is 8.12. The third-order valence-electron chi connectivity index (χ3n) is 12.9. The number of Topliss-reactive ketones (excluding diaryl/α,β-unsaturated/α-hetero) is 1. The van der Waals surface area contributed by atoms with Gasteiger partial charge in [0.25, 0.3) is 0 Å². The molecule has 3 heterocycles. The molecule has 0 saturated heterocycles. The van der Waals surface area contributed by atoms with Crippen molar-refractivity contribution in [3.05, 3.63) is 61.3 Å². The Morgan fingerprint density at radius 1 is 1.18 bits per heavy atom. The Bertz CT molecular complexity index is 1920. The average molecular weight is 667 g/mol. The normalized spacial score (nSPS) is 33.4. The molecule has 3 aromatic heterocycles. The van der Waals surface area contributed by atoms with E-state index in [2.05, 4.69) is 59.5 Å². The Morgan fingerprint density at radius 2 is 1.94 bits per heavy atom. The number of aliphatic hydroxyl groups excluding tert-OH is 1. The number of benzene rings is 1. The molecule has 0 aliphatic heterocycles. The molecule has 9 atom stereocenters. The molecular formula is C37H46N8O4. The van der Waals surface area contributed by atoms with Crippen LogP contribution in [0, 0.1) is 34.0 Å². The molecule has 0 radical (unpaired) electrons. The van der Waals surface area contributed by atoms with Gasteiger partial charge in [0.1, 0.15) is 36.0 Å². The minimum atomic E-state index is -0.711. The van der Waals surface area contributed by atoms with E-state index in [0.29, 0.717) is 35.5 Å². The first-order chi connectivity index (χ1) is 23.3. The summed E-state index contributed by atoms with van der Waals surface area (Å²) in [4.78, 5) is 40.1. The minimum absolute atomic E-state index is 0.0576.